The Labute approximate surface area is 101 Å². The molecule has 0 fully saturated rings. The quantitative estimate of drug-likeness (QED) is 0.616. The first-order chi connectivity index (χ1) is 8.22. The van der Waals surface area contributed by atoms with Crippen LogP contribution in [0.25, 0.3) is 11.0 Å². The molecule has 1 atom stereocenters. The lowest BCUT2D eigenvalue weighted by Gasteiger charge is -2.16. The highest BCUT2D eigenvalue weighted by molar-refractivity contribution is 5.81. The summed E-state index contributed by atoms with van der Waals surface area (Å²) in [4.78, 5) is 0. The minimum atomic E-state index is -0.0546. The van der Waals surface area contributed by atoms with Crippen LogP contribution in [0.5, 0.6) is 0 Å². The molecule has 4 nitrogen and oxygen atoms in total. The molecule has 3 N–H and O–H groups in total. The Morgan fingerprint density at radius 2 is 2.12 bits per heavy atom. The standard InChI is InChI=1S/C13H18N2O2/c1-9(2)16-8-12(15-14)11-7-17-13-6-4-3-5-10(11)13/h3-7,9,12,15H,8,14H2,1-2H3. The first-order valence-corrected chi connectivity index (χ1v) is 5.76. The summed E-state index contributed by atoms with van der Waals surface area (Å²) < 4.78 is 11.1. The molecule has 0 spiro atoms. The van der Waals surface area contributed by atoms with Crippen molar-refractivity contribution in [3.8, 4) is 0 Å². The molecule has 17 heavy (non-hydrogen) atoms. The Balaban J connectivity index is 2.24. The van der Waals surface area contributed by atoms with Gasteiger partial charge < -0.3 is 9.15 Å². The van der Waals surface area contributed by atoms with Gasteiger partial charge in [-0.2, -0.15) is 0 Å². The lowest BCUT2D eigenvalue weighted by molar-refractivity contribution is 0.0612. The number of hydrazine groups is 1. The monoisotopic (exact) mass is 234 g/mol. The summed E-state index contributed by atoms with van der Waals surface area (Å²) in [6.07, 6.45) is 1.92. The maximum absolute atomic E-state index is 5.58. The van der Waals surface area contributed by atoms with Crippen LogP contribution in [0.3, 0.4) is 0 Å². The second kappa shape index (κ2) is 5.31. The molecule has 1 aromatic carbocycles. The largest absolute Gasteiger partial charge is 0.464 e. The minimum Gasteiger partial charge on any atom is -0.464 e. The number of nitrogens with two attached hydrogens (primary N) is 1. The zero-order chi connectivity index (χ0) is 12.3. The molecular weight excluding hydrogens is 216 g/mol. The highest BCUT2D eigenvalue weighted by atomic mass is 16.5. The van der Waals surface area contributed by atoms with Gasteiger partial charge in [0.2, 0.25) is 0 Å². The number of fused-ring (bicyclic) bond motifs is 1. The van der Waals surface area contributed by atoms with Crippen LogP contribution in [-0.2, 0) is 4.74 Å². The van der Waals surface area contributed by atoms with Crippen LogP contribution >= 0.6 is 0 Å². The van der Waals surface area contributed by atoms with Crippen LogP contribution in [0.15, 0.2) is 34.9 Å². The summed E-state index contributed by atoms with van der Waals surface area (Å²) in [5.74, 6) is 5.57. The van der Waals surface area contributed by atoms with E-state index in [4.69, 9.17) is 15.0 Å². The predicted octanol–water partition coefficient (Wildman–Crippen LogP) is 2.36. The van der Waals surface area contributed by atoms with Crippen molar-refractivity contribution in [1.29, 1.82) is 0 Å². The van der Waals surface area contributed by atoms with Gasteiger partial charge in [-0.05, 0) is 19.9 Å². The third-order valence-corrected chi connectivity index (χ3v) is 2.68. The first kappa shape index (κ1) is 12.1. The van der Waals surface area contributed by atoms with E-state index in [1.807, 2.05) is 38.1 Å². The van der Waals surface area contributed by atoms with Gasteiger partial charge in [0.1, 0.15) is 5.58 Å². The number of hydrogen-bond donors (Lipinski definition) is 2. The van der Waals surface area contributed by atoms with Crippen LogP contribution in [0.1, 0.15) is 25.5 Å². The van der Waals surface area contributed by atoms with Gasteiger partial charge in [-0.15, -0.1) is 0 Å². The average Bonchev–Trinajstić information content (AvgIpc) is 2.74. The van der Waals surface area contributed by atoms with E-state index >= 15 is 0 Å². The highest BCUT2D eigenvalue weighted by Crippen LogP contribution is 2.26. The van der Waals surface area contributed by atoms with Gasteiger partial charge >= 0.3 is 0 Å². The summed E-state index contributed by atoms with van der Waals surface area (Å²) in [6.45, 7) is 4.53. The van der Waals surface area contributed by atoms with Crippen LogP contribution in [0, 0.1) is 0 Å². The third kappa shape index (κ3) is 2.66. The summed E-state index contributed by atoms with van der Waals surface area (Å²) in [6, 6.07) is 7.84. The first-order valence-electron chi connectivity index (χ1n) is 5.76. The normalized spacial score (nSPS) is 13.4. The van der Waals surface area contributed by atoms with E-state index in [1.165, 1.54) is 0 Å². The number of nitrogens with one attached hydrogen (secondary N) is 1. The molecule has 0 radical (unpaired) electrons. The van der Waals surface area contributed by atoms with Crippen molar-refractivity contribution >= 4 is 11.0 Å². The minimum absolute atomic E-state index is 0.0546. The molecule has 1 heterocycles. The molecule has 4 heteroatoms. The molecule has 0 aliphatic heterocycles. The van der Waals surface area contributed by atoms with E-state index < -0.39 is 0 Å². The van der Waals surface area contributed by atoms with Crippen LogP contribution in [0.2, 0.25) is 0 Å². The summed E-state index contributed by atoms with van der Waals surface area (Å²) in [5.41, 5.74) is 4.67. The van der Waals surface area contributed by atoms with Crippen LogP contribution < -0.4 is 11.3 Å². The van der Waals surface area contributed by atoms with E-state index in [9.17, 15) is 0 Å². The molecule has 2 aromatic rings. The van der Waals surface area contributed by atoms with Gasteiger partial charge in [0.05, 0.1) is 25.0 Å². The zero-order valence-corrected chi connectivity index (χ0v) is 10.1. The fourth-order valence-corrected chi connectivity index (χ4v) is 1.78. The van der Waals surface area contributed by atoms with Crippen molar-refractivity contribution < 1.29 is 9.15 Å². The zero-order valence-electron chi connectivity index (χ0n) is 10.1. The lowest BCUT2D eigenvalue weighted by atomic mass is 10.1. The van der Waals surface area contributed by atoms with Crippen molar-refractivity contribution in [1.82, 2.24) is 5.43 Å². The summed E-state index contributed by atoms with van der Waals surface area (Å²) in [5, 5.41) is 1.07. The van der Waals surface area contributed by atoms with E-state index in [0.717, 1.165) is 16.5 Å². The van der Waals surface area contributed by atoms with Gasteiger partial charge in [0.25, 0.3) is 0 Å². The number of furan rings is 1. The Morgan fingerprint density at radius 1 is 1.35 bits per heavy atom. The number of para-hydroxylation sites is 1. The fourth-order valence-electron chi connectivity index (χ4n) is 1.78. The topological polar surface area (TPSA) is 60.4 Å². The van der Waals surface area contributed by atoms with Crippen LogP contribution in [0.4, 0.5) is 0 Å². The maximum atomic E-state index is 5.58. The van der Waals surface area contributed by atoms with E-state index in [2.05, 4.69) is 5.43 Å². The second-order valence-corrected chi connectivity index (χ2v) is 4.29. The Morgan fingerprint density at radius 3 is 2.82 bits per heavy atom. The van der Waals surface area contributed by atoms with Crippen LogP contribution in [-0.4, -0.2) is 12.7 Å². The molecule has 1 aromatic heterocycles. The maximum Gasteiger partial charge on any atom is 0.134 e. The molecule has 1 unspecified atom stereocenters. The lowest BCUT2D eigenvalue weighted by Crippen LogP contribution is -2.32. The van der Waals surface area contributed by atoms with Gasteiger partial charge in [-0.25, -0.2) is 0 Å². The number of hydrogen-bond acceptors (Lipinski definition) is 4. The number of benzene rings is 1. The predicted molar refractivity (Wildman–Crippen MR) is 67.4 cm³/mol. The van der Waals surface area contributed by atoms with Crippen molar-refractivity contribution in [3.05, 3.63) is 36.1 Å². The summed E-state index contributed by atoms with van der Waals surface area (Å²) >= 11 is 0. The molecule has 0 bridgehead atoms. The van der Waals surface area contributed by atoms with E-state index in [1.54, 1.807) is 6.26 Å². The van der Waals surface area contributed by atoms with Gasteiger partial charge in [0.15, 0.2) is 0 Å². The molecule has 0 saturated heterocycles. The van der Waals surface area contributed by atoms with Gasteiger partial charge in [-0.1, -0.05) is 18.2 Å². The third-order valence-electron chi connectivity index (χ3n) is 2.68. The molecule has 2 rings (SSSR count). The van der Waals surface area contributed by atoms with Crippen molar-refractivity contribution in [2.75, 3.05) is 6.61 Å². The van der Waals surface area contributed by atoms with Gasteiger partial charge in [0, 0.05) is 10.9 Å². The molecule has 0 aliphatic rings. The fraction of sp³-hybridized carbons (Fsp3) is 0.385. The van der Waals surface area contributed by atoms with Crippen molar-refractivity contribution in [2.45, 2.75) is 26.0 Å². The molecule has 0 saturated carbocycles. The molecule has 0 amide bonds. The number of ether oxygens (including phenoxy) is 1. The number of rotatable bonds is 5. The molecule has 0 aliphatic carbocycles. The molecular formula is C13H18N2O2. The van der Waals surface area contributed by atoms with E-state index in [-0.39, 0.29) is 12.1 Å². The van der Waals surface area contributed by atoms with E-state index in [0.29, 0.717) is 6.61 Å². The smallest absolute Gasteiger partial charge is 0.134 e. The Kier molecular flexibility index (Phi) is 3.78. The Hall–Kier alpha value is -1.36. The highest BCUT2D eigenvalue weighted by Gasteiger charge is 2.16. The van der Waals surface area contributed by atoms with Crippen molar-refractivity contribution in [3.63, 3.8) is 0 Å². The summed E-state index contributed by atoms with van der Waals surface area (Å²) in [7, 11) is 0. The Bertz CT molecular complexity index is 479. The van der Waals surface area contributed by atoms with Crippen molar-refractivity contribution in [2.24, 2.45) is 5.84 Å². The second-order valence-electron chi connectivity index (χ2n) is 4.29. The van der Waals surface area contributed by atoms with Gasteiger partial charge in [-0.3, -0.25) is 11.3 Å². The average molecular weight is 234 g/mol. The SMILES string of the molecule is CC(C)OCC(NN)c1coc2ccccc12. The molecule has 92 valence electrons.